The number of aryl methyl sites for hydroxylation is 1. The summed E-state index contributed by atoms with van der Waals surface area (Å²) < 4.78 is 0. The third kappa shape index (κ3) is 1.08. The Balaban J connectivity index is 1.93. The van der Waals surface area contributed by atoms with Gasteiger partial charge in [0, 0.05) is 12.1 Å². The Bertz CT molecular complexity index is 302. The first kappa shape index (κ1) is 7.74. The quantitative estimate of drug-likeness (QED) is 0.686. The Kier molecular flexibility index (Phi) is 1.59. The molecule has 3 nitrogen and oxygen atoms in total. The van der Waals surface area contributed by atoms with Crippen LogP contribution in [0.5, 0.6) is 0 Å². The molecule has 0 radical (unpaired) electrons. The molecule has 0 atom stereocenters. The van der Waals surface area contributed by atoms with Gasteiger partial charge in [-0.25, -0.2) is 0 Å². The van der Waals surface area contributed by atoms with Gasteiger partial charge in [0.25, 0.3) is 0 Å². The van der Waals surface area contributed by atoms with Crippen LogP contribution in [0.2, 0.25) is 0 Å². The number of hydrogen-bond acceptors (Lipinski definition) is 4. The molecule has 0 N–H and O–H groups in total. The van der Waals surface area contributed by atoms with Crippen molar-refractivity contribution in [2.75, 3.05) is 4.90 Å². The summed E-state index contributed by atoms with van der Waals surface area (Å²) in [5.41, 5.74) is 0. The molecule has 0 unspecified atom stereocenters. The maximum Gasteiger partial charge on any atom is 0.208 e. The first-order valence-corrected chi connectivity index (χ1v) is 5.74. The van der Waals surface area contributed by atoms with Gasteiger partial charge >= 0.3 is 0 Å². The molecule has 0 spiro atoms. The van der Waals surface area contributed by atoms with E-state index in [1.807, 2.05) is 6.92 Å². The van der Waals surface area contributed by atoms with E-state index >= 15 is 0 Å². The van der Waals surface area contributed by atoms with Gasteiger partial charge in [-0.3, -0.25) is 0 Å². The highest BCUT2D eigenvalue weighted by Crippen LogP contribution is 2.41. The van der Waals surface area contributed by atoms with Gasteiger partial charge < -0.3 is 4.90 Å². The second kappa shape index (κ2) is 2.67. The molecule has 2 aliphatic rings. The third-order valence-electron chi connectivity index (χ3n) is 3.19. The lowest BCUT2D eigenvalue weighted by molar-refractivity contribution is 0.576. The number of rotatable bonds is 1. The molecule has 0 amide bonds. The minimum Gasteiger partial charge on any atom is -0.341 e. The average Bonchev–Trinajstić information content (AvgIpc) is 2.78. The first-order chi connectivity index (χ1) is 6.34. The molecular weight excluding hydrogens is 182 g/mol. The van der Waals surface area contributed by atoms with Crippen molar-refractivity contribution >= 4 is 16.5 Å². The van der Waals surface area contributed by atoms with Crippen LogP contribution in [0.15, 0.2) is 0 Å². The Morgan fingerprint density at radius 2 is 1.77 bits per heavy atom. The number of aromatic nitrogens is 2. The largest absolute Gasteiger partial charge is 0.341 e. The Morgan fingerprint density at radius 1 is 1.15 bits per heavy atom. The van der Waals surface area contributed by atoms with Gasteiger partial charge in [0.05, 0.1) is 0 Å². The van der Waals surface area contributed by atoms with Crippen molar-refractivity contribution in [2.45, 2.75) is 44.7 Å². The van der Waals surface area contributed by atoms with Crippen molar-refractivity contribution in [3.8, 4) is 0 Å². The fourth-order valence-electron chi connectivity index (χ4n) is 2.62. The molecule has 4 heteroatoms. The zero-order chi connectivity index (χ0) is 8.84. The molecule has 1 aromatic heterocycles. The summed E-state index contributed by atoms with van der Waals surface area (Å²) in [6, 6.07) is 1.55. The number of anilines is 1. The van der Waals surface area contributed by atoms with Crippen molar-refractivity contribution in [3.63, 3.8) is 0 Å². The molecule has 1 aromatic rings. The van der Waals surface area contributed by atoms with Crippen LogP contribution in [0.4, 0.5) is 5.13 Å². The van der Waals surface area contributed by atoms with Gasteiger partial charge in [0.15, 0.2) is 0 Å². The predicted molar refractivity (Wildman–Crippen MR) is 53.2 cm³/mol. The minimum atomic E-state index is 0.775. The molecule has 0 saturated carbocycles. The highest BCUT2D eigenvalue weighted by Gasteiger charge is 2.40. The summed E-state index contributed by atoms with van der Waals surface area (Å²) in [6.45, 7) is 2.03. The maximum atomic E-state index is 4.23. The van der Waals surface area contributed by atoms with Crippen LogP contribution in [-0.4, -0.2) is 22.3 Å². The van der Waals surface area contributed by atoms with Crippen LogP contribution in [0.25, 0.3) is 0 Å². The monoisotopic (exact) mass is 195 g/mol. The van der Waals surface area contributed by atoms with Gasteiger partial charge in [-0.05, 0) is 32.6 Å². The van der Waals surface area contributed by atoms with Crippen LogP contribution >= 0.6 is 11.3 Å². The third-order valence-corrected chi connectivity index (χ3v) is 4.04. The van der Waals surface area contributed by atoms with Crippen LogP contribution < -0.4 is 4.90 Å². The van der Waals surface area contributed by atoms with Crippen LogP contribution in [-0.2, 0) is 0 Å². The van der Waals surface area contributed by atoms with Crippen molar-refractivity contribution in [1.82, 2.24) is 10.2 Å². The predicted octanol–water partition coefficient (Wildman–Crippen LogP) is 1.98. The first-order valence-electron chi connectivity index (χ1n) is 4.93. The molecule has 3 rings (SSSR count). The van der Waals surface area contributed by atoms with E-state index in [0.717, 1.165) is 22.2 Å². The van der Waals surface area contributed by atoms with E-state index in [-0.39, 0.29) is 0 Å². The number of fused-ring (bicyclic) bond motifs is 2. The Hall–Kier alpha value is -0.640. The Morgan fingerprint density at radius 3 is 2.23 bits per heavy atom. The SMILES string of the molecule is Cc1nnc(N2C3CCC2CC3)s1. The molecule has 0 aromatic carbocycles. The second-order valence-corrected chi connectivity index (χ2v) is 5.13. The molecule has 13 heavy (non-hydrogen) atoms. The van der Waals surface area contributed by atoms with Crippen LogP contribution in [0.1, 0.15) is 30.7 Å². The van der Waals surface area contributed by atoms with Crippen molar-refractivity contribution in [1.29, 1.82) is 0 Å². The van der Waals surface area contributed by atoms with E-state index in [0.29, 0.717) is 0 Å². The average molecular weight is 195 g/mol. The van der Waals surface area contributed by atoms with Gasteiger partial charge in [-0.15, -0.1) is 10.2 Å². The molecule has 2 aliphatic heterocycles. The van der Waals surface area contributed by atoms with E-state index < -0.39 is 0 Å². The fraction of sp³-hybridized carbons (Fsp3) is 0.778. The van der Waals surface area contributed by atoms with Crippen molar-refractivity contribution < 1.29 is 0 Å². The van der Waals surface area contributed by atoms with E-state index in [1.54, 1.807) is 11.3 Å². The normalized spacial score (nSPS) is 31.6. The molecule has 0 aliphatic carbocycles. The van der Waals surface area contributed by atoms with Gasteiger partial charge in [-0.2, -0.15) is 0 Å². The number of hydrogen-bond donors (Lipinski definition) is 0. The summed E-state index contributed by atoms with van der Waals surface area (Å²) in [4.78, 5) is 2.50. The second-order valence-electron chi connectivity index (χ2n) is 3.97. The molecule has 3 heterocycles. The van der Waals surface area contributed by atoms with Gasteiger partial charge in [-0.1, -0.05) is 11.3 Å². The van der Waals surface area contributed by atoms with Crippen molar-refractivity contribution in [2.24, 2.45) is 0 Å². The lowest BCUT2D eigenvalue weighted by Gasteiger charge is -2.19. The lowest BCUT2D eigenvalue weighted by Crippen LogP contribution is -2.27. The van der Waals surface area contributed by atoms with Crippen LogP contribution in [0.3, 0.4) is 0 Å². The molecule has 2 bridgehead atoms. The standard InChI is InChI=1S/C9H13N3S/c1-6-10-11-9(13-6)12-7-2-3-8(12)5-4-7/h7-8H,2-5H2,1H3. The Labute approximate surface area is 81.8 Å². The lowest BCUT2D eigenvalue weighted by atomic mass is 10.0. The minimum absolute atomic E-state index is 0.775. The smallest absolute Gasteiger partial charge is 0.208 e. The molecule has 2 saturated heterocycles. The highest BCUT2D eigenvalue weighted by molar-refractivity contribution is 7.15. The van der Waals surface area contributed by atoms with Crippen molar-refractivity contribution in [3.05, 3.63) is 5.01 Å². The molecule has 70 valence electrons. The van der Waals surface area contributed by atoms with Gasteiger partial charge in [0.2, 0.25) is 5.13 Å². The number of nitrogens with zero attached hydrogens (tertiary/aromatic N) is 3. The topological polar surface area (TPSA) is 29.0 Å². The van der Waals surface area contributed by atoms with E-state index in [1.165, 1.54) is 25.7 Å². The van der Waals surface area contributed by atoms with Crippen LogP contribution in [0, 0.1) is 6.92 Å². The van der Waals surface area contributed by atoms with Gasteiger partial charge in [0.1, 0.15) is 5.01 Å². The van der Waals surface area contributed by atoms with E-state index in [9.17, 15) is 0 Å². The molecular formula is C9H13N3S. The summed E-state index contributed by atoms with van der Waals surface area (Å²) in [7, 11) is 0. The van der Waals surface area contributed by atoms with E-state index in [4.69, 9.17) is 0 Å². The summed E-state index contributed by atoms with van der Waals surface area (Å²) >= 11 is 1.74. The highest BCUT2D eigenvalue weighted by atomic mass is 32.1. The summed E-state index contributed by atoms with van der Waals surface area (Å²) in [6.07, 6.45) is 5.46. The zero-order valence-corrected chi connectivity index (χ0v) is 8.55. The van der Waals surface area contributed by atoms with E-state index in [2.05, 4.69) is 15.1 Å². The summed E-state index contributed by atoms with van der Waals surface area (Å²) in [5, 5.41) is 10.6. The molecule has 2 fully saturated rings. The fourth-order valence-corrected chi connectivity index (χ4v) is 3.45. The zero-order valence-electron chi connectivity index (χ0n) is 7.73. The maximum absolute atomic E-state index is 4.23. The summed E-state index contributed by atoms with van der Waals surface area (Å²) in [5.74, 6) is 0.